The molecule has 148 valence electrons. The van der Waals surface area contributed by atoms with Gasteiger partial charge in [0.15, 0.2) is 5.76 Å². The second kappa shape index (κ2) is 8.31. The number of rotatable bonds is 7. The molecule has 1 aromatic carbocycles. The minimum atomic E-state index is -3.89. The van der Waals surface area contributed by atoms with E-state index < -0.39 is 10.0 Å². The first-order chi connectivity index (χ1) is 14.0. The molecule has 0 radical (unpaired) electrons. The molecule has 0 atom stereocenters. The van der Waals surface area contributed by atoms with E-state index in [9.17, 15) is 8.42 Å². The molecule has 3 aromatic heterocycles. The van der Waals surface area contributed by atoms with E-state index in [1.807, 2.05) is 30.3 Å². The highest BCUT2D eigenvalue weighted by Gasteiger charge is 2.22. The SMILES string of the molecule is O=S(=O)(Nc1ncc(Br)nc1OCc1ccccc1)c1ccc(-c2ccno2)s1. The van der Waals surface area contributed by atoms with Crippen LogP contribution >= 0.6 is 27.3 Å². The van der Waals surface area contributed by atoms with Gasteiger partial charge in [-0.15, -0.1) is 11.3 Å². The topological polar surface area (TPSA) is 107 Å². The maximum atomic E-state index is 12.8. The van der Waals surface area contributed by atoms with Crippen molar-refractivity contribution in [2.75, 3.05) is 4.72 Å². The number of ether oxygens (including phenoxy) is 1. The van der Waals surface area contributed by atoms with Crippen LogP contribution in [0.3, 0.4) is 0 Å². The summed E-state index contributed by atoms with van der Waals surface area (Å²) in [5.41, 5.74) is 0.915. The number of anilines is 1. The first-order valence-electron chi connectivity index (χ1n) is 8.24. The van der Waals surface area contributed by atoms with Crippen molar-refractivity contribution in [3.8, 4) is 16.5 Å². The van der Waals surface area contributed by atoms with Crippen molar-refractivity contribution >= 4 is 43.1 Å². The van der Waals surface area contributed by atoms with E-state index in [4.69, 9.17) is 9.26 Å². The number of hydrogen-bond acceptors (Lipinski definition) is 8. The molecule has 4 aromatic rings. The van der Waals surface area contributed by atoms with Gasteiger partial charge in [0, 0.05) is 6.07 Å². The number of aromatic nitrogens is 3. The number of nitrogens with zero attached hydrogens (tertiary/aromatic N) is 3. The molecule has 0 unspecified atom stereocenters. The summed E-state index contributed by atoms with van der Waals surface area (Å²) in [7, 11) is -3.89. The van der Waals surface area contributed by atoms with Crippen LogP contribution in [-0.2, 0) is 16.6 Å². The Morgan fingerprint density at radius 1 is 1.14 bits per heavy atom. The fourth-order valence-electron chi connectivity index (χ4n) is 2.37. The molecular weight excluding hydrogens is 480 g/mol. The fraction of sp³-hybridized carbons (Fsp3) is 0.0556. The van der Waals surface area contributed by atoms with Crippen molar-refractivity contribution < 1.29 is 17.7 Å². The highest BCUT2D eigenvalue weighted by atomic mass is 79.9. The van der Waals surface area contributed by atoms with Gasteiger partial charge in [-0.3, -0.25) is 4.72 Å². The molecule has 0 saturated heterocycles. The van der Waals surface area contributed by atoms with Gasteiger partial charge in [-0.25, -0.2) is 18.4 Å². The van der Waals surface area contributed by atoms with Gasteiger partial charge < -0.3 is 9.26 Å². The largest absolute Gasteiger partial charge is 0.470 e. The maximum Gasteiger partial charge on any atom is 0.272 e. The predicted octanol–water partition coefficient (Wildman–Crippen LogP) is 4.34. The minimum absolute atomic E-state index is 0.00116. The summed E-state index contributed by atoms with van der Waals surface area (Å²) < 4.78 is 39.4. The summed E-state index contributed by atoms with van der Waals surface area (Å²) in [6.45, 7) is 0.218. The van der Waals surface area contributed by atoms with E-state index in [2.05, 4.69) is 35.8 Å². The van der Waals surface area contributed by atoms with Gasteiger partial charge in [0.2, 0.25) is 5.82 Å². The lowest BCUT2D eigenvalue weighted by Crippen LogP contribution is -2.14. The molecule has 3 heterocycles. The Bertz CT molecular complexity index is 1210. The van der Waals surface area contributed by atoms with E-state index in [0.717, 1.165) is 16.9 Å². The number of sulfonamides is 1. The van der Waals surface area contributed by atoms with Crippen LogP contribution in [0.5, 0.6) is 5.88 Å². The van der Waals surface area contributed by atoms with Crippen LogP contribution in [-0.4, -0.2) is 23.5 Å². The Morgan fingerprint density at radius 3 is 2.72 bits per heavy atom. The minimum Gasteiger partial charge on any atom is -0.470 e. The molecule has 11 heteroatoms. The summed E-state index contributed by atoms with van der Waals surface area (Å²) in [5, 5.41) is 3.63. The number of hydrogen-bond donors (Lipinski definition) is 1. The first kappa shape index (κ1) is 19.6. The fourth-order valence-corrected chi connectivity index (χ4v) is 4.90. The molecule has 0 aliphatic rings. The van der Waals surface area contributed by atoms with Gasteiger partial charge in [0.25, 0.3) is 15.9 Å². The van der Waals surface area contributed by atoms with Crippen LogP contribution in [0.25, 0.3) is 10.6 Å². The molecule has 0 spiro atoms. The molecule has 0 aliphatic carbocycles. The zero-order valence-corrected chi connectivity index (χ0v) is 17.9. The van der Waals surface area contributed by atoms with Gasteiger partial charge in [-0.2, -0.15) is 0 Å². The number of benzene rings is 1. The molecule has 0 fully saturated rings. The monoisotopic (exact) mass is 492 g/mol. The number of thiophene rings is 1. The summed E-state index contributed by atoms with van der Waals surface area (Å²) in [6.07, 6.45) is 2.89. The Hall–Kier alpha value is -2.76. The van der Waals surface area contributed by atoms with Crippen molar-refractivity contribution in [3.63, 3.8) is 0 Å². The van der Waals surface area contributed by atoms with Crippen molar-refractivity contribution in [1.29, 1.82) is 0 Å². The average molecular weight is 493 g/mol. The Labute approximate surface area is 178 Å². The highest BCUT2D eigenvalue weighted by molar-refractivity contribution is 9.10. The lowest BCUT2D eigenvalue weighted by molar-refractivity contribution is 0.294. The molecule has 4 rings (SSSR count). The molecule has 0 amide bonds. The smallest absolute Gasteiger partial charge is 0.272 e. The third-order valence-corrected chi connectivity index (χ3v) is 7.00. The lowest BCUT2D eigenvalue weighted by atomic mass is 10.2. The number of halogens is 1. The molecule has 0 bridgehead atoms. The third-order valence-electron chi connectivity index (χ3n) is 3.69. The normalized spacial score (nSPS) is 11.3. The molecular formula is C18H13BrN4O4S2. The molecule has 29 heavy (non-hydrogen) atoms. The van der Waals surface area contributed by atoms with Crippen LogP contribution in [0.2, 0.25) is 0 Å². The van der Waals surface area contributed by atoms with E-state index in [1.165, 1.54) is 18.5 Å². The van der Waals surface area contributed by atoms with Crippen LogP contribution in [0.15, 0.2) is 74.3 Å². The first-order valence-corrected chi connectivity index (χ1v) is 11.3. The second-order valence-electron chi connectivity index (χ2n) is 5.72. The average Bonchev–Trinajstić information content (AvgIpc) is 3.41. The van der Waals surface area contributed by atoms with Gasteiger partial charge in [-0.1, -0.05) is 35.5 Å². The summed E-state index contributed by atoms with van der Waals surface area (Å²) in [5.74, 6) is 0.560. The number of nitrogens with one attached hydrogen (secondary N) is 1. The Kier molecular flexibility index (Phi) is 5.60. The van der Waals surface area contributed by atoms with E-state index in [0.29, 0.717) is 15.2 Å². The molecule has 0 aliphatic heterocycles. The van der Waals surface area contributed by atoms with E-state index in [-0.39, 0.29) is 22.5 Å². The van der Waals surface area contributed by atoms with Crippen molar-refractivity contribution in [2.24, 2.45) is 0 Å². The van der Waals surface area contributed by atoms with Gasteiger partial charge >= 0.3 is 0 Å². The standard InChI is InChI=1S/C18H13BrN4O4S2/c19-15-10-20-17(18(22-15)26-11-12-4-2-1-3-5-12)23-29(24,25)16-7-6-14(28-16)13-8-9-21-27-13/h1-10H,11H2,(H,20,23). The van der Waals surface area contributed by atoms with Crippen LogP contribution in [0.4, 0.5) is 5.82 Å². The molecule has 8 nitrogen and oxygen atoms in total. The van der Waals surface area contributed by atoms with Crippen LogP contribution < -0.4 is 9.46 Å². The molecule has 1 N–H and O–H groups in total. The van der Waals surface area contributed by atoms with Gasteiger partial charge in [0.05, 0.1) is 17.3 Å². The maximum absolute atomic E-state index is 12.8. The summed E-state index contributed by atoms with van der Waals surface area (Å²) in [4.78, 5) is 8.95. The van der Waals surface area contributed by atoms with E-state index >= 15 is 0 Å². The quantitative estimate of drug-likeness (QED) is 0.408. The summed E-state index contributed by atoms with van der Waals surface area (Å²) in [6, 6.07) is 14.3. The van der Waals surface area contributed by atoms with Crippen molar-refractivity contribution in [3.05, 3.63) is 71.1 Å². The van der Waals surface area contributed by atoms with Crippen molar-refractivity contribution in [2.45, 2.75) is 10.8 Å². The van der Waals surface area contributed by atoms with Crippen LogP contribution in [0.1, 0.15) is 5.56 Å². The Morgan fingerprint density at radius 2 is 1.97 bits per heavy atom. The lowest BCUT2D eigenvalue weighted by Gasteiger charge is -2.11. The zero-order valence-electron chi connectivity index (χ0n) is 14.6. The molecule has 0 saturated carbocycles. The van der Waals surface area contributed by atoms with Gasteiger partial charge in [0.1, 0.15) is 15.4 Å². The van der Waals surface area contributed by atoms with E-state index in [1.54, 1.807) is 12.1 Å². The predicted molar refractivity (Wildman–Crippen MR) is 111 cm³/mol. The Balaban J connectivity index is 1.56. The second-order valence-corrected chi connectivity index (χ2v) is 9.53. The van der Waals surface area contributed by atoms with Crippen LogP contribution in [0, 0.1) is 0 Å². The highest BCUT2D eigenvalue weighted by Crippen LogP contribution is 2.32. The third kappa shape index (κ3) is 4.63. The summed E-state index contributed by atoms with van der Waals surface area (Å²) >= 11 is 4.28. The van der Waals surface area contributed by atoms with Gasteiger partial charge in [-0.05, 0) is 33.6 Å². The van der Waals surface area contributed by atoms with Crippen molar-refractivity contribution in [1.82, 2.24) is 15.1 Å². The zero-order chi connectivity index (χ0) is 20.3.